The molecule has 3 aliphatic rings. The van der Waals surface area contributed by atoms with E-state index in [9.17, 15) is 9.59 Å². The van der Waals surface area contributed by atoms with Gasteiger partial charge in [-0.2, -0.15) is 0 Å². The van der Waals surface area contributed by atoms with E-state index in [1.807, 2.05) is 6.92 Å². The first kappa shape index (κ1) is 11.2. The first-order chi connectivity index (χ1) is 7.83. The summed E-state index contributed by atoms with van der Waals surface area (Å²) in [5, 5.41) is 0. The first-order valence-electron chi connectivity index (χ1n) is 6.31. The van der Waals surface area contributed by atoms with Crippen LogP contribution >= 0.6 is 0 Å². The highest BCUT2D eigenvalue weighted by molar-refractivity contribution is 6.16. The van der Waals surface area contributed by atoms with Crippen LogP contribution in [0.25, 0.3) is 0 Å². The van der Waals surface area contributed by atoms with E-state index >= 15 is 0 Å². The standard InChI is InChI=1S/C13H18O4/c1-11(2)16-10(15)13(17-11)9(14)8-6-4-5-7-12(8,13)3/h8H,4-7H2,1-3H3/t8-,12+,13+/m1/s1. The van der Waals surface area contributed by atoms with Gasteiger partial charge in [0.1, 0.15) is 0 Å². The summed E-state index contributed by atoms with van der Waals surface area (Å²) in [5.41, 5.74) is -1.66. The number of esters is 1. The lowest BCUT2D eigenvalue weighted by Gasteiger charge is -2.58. The molecule has 0 unspecified atom stereocenters. The summed E-state index contributed by atoms with van der Waals surface area (Å²) in [6.45, 7) is 5.37. The summed E-state index contributed by atoms with van der Waals surface area (Å²) in [7, 11) is 0. The molecular weight excluding hydrogens is 220 g/mol. The van der Waals surface area contributed by atoms with Crippen molar-refractivity contribution in [3.63, 3.8) is 0 Å². The Morgan fingerprint density at radius 2 is 1.88 bits per heavy atom. The van der Waals surface area contributed by atoms with Gasteiger partial charge in [-0.25, -0.2) is 4.79 Å². The Hall–Kier alpha value is -0.900. The lowest BCUT2D eigenvalue weighted by Crippen LogP contribution is -2.74. The molecule has 3 fully saturated rings. The number of cyclic esters (lactones) is 1. The quantitative estimate of drug-likeness (QED) is 0.477. The molecule has 0 bridgehead atoms. The molecule has 3 atom stereocenters. The summed E-state index contributed by atoms with van der Waals surface area (Å²) < 4.78 is 11.0. The summed E-state index contributed by atoms with van der Waals surface area (Å²) in [5.74, 6) is -1.53. The molecule has 1 heterocycles. The number of hydrogen-bond donors (Lipinski definition) is 0. The Labute approximate surface area is 101 Å². The molecule has 0 aromatic heterocycles. The second-order valence-electron chi connectivity index (χ2n) is 6.15. The van der Waals surface area contributed by atoms with Gasteiger partial charge in [-0.3, -0.25) is 4.79 Å². The minimum absolute atomic E-state index is 0.0160. The third-order valence-corrected chi connectivity index (χ3v) is 4.70. The third kappa shape index (κ3) is 1.07. The summed E-state index contributed by atoms with van der Waals surface area (Å²) in [6, 6.07) is 0. The van der Waals surface area contributed by atoms with E-state index in [0.717, 1.165) is 25.7 Å². The summed E-state index contributed by atoms with van der Waals surface area (Å²) in [6.07, 6.45) is 3.88. The molecule has 1 saturated heterocycles. The number of fused-ring (bicyclic) bond motifs is 2. The lowest BCUT2D eigenvalue weighted by molar-refractivity contribution is -0.238. The van der Waals surface area contributed by atoms with Gasteiger partial charge in [0.15, 0.2) is 5.78 Å². The third-order valence-electron chi connectivity index (χ3n) is 4.70. The number of Topliss-reactive ketones (excluding diaryl/α,β-unsaturated/α-hetero) is 1. The van der Waals surface area contributed by atoms with Crippen LogP contribution in [0.1, 0.15) is 46.5 Å². The molecule has 0 radical (unpaired) electrons. The highest BCUT2D eigenvalue weighted by Crippen LogP contribution is 2.64. The van der Waals surface area contributed by atoms with Crippen LogP contribution in [0, 0.1) is 11.3 Å². The average molecular weight is 238 g/mol. The van der Waals surface area contributed by atoms with Crippen LogP contribution in [0.4, 0.5) is 0 Å². The molecule has 0 aromatic carbocycles. The normalized spacial score (nSPS) is 47.6. The second kappa shape index (κ2) is 2.91. The Morgan fingerprint density at radius 3 is 2.47 bits per heavy atom. The zero-order valence-electron chi connectivity index (χ0n) is 10.5. The fourth-order valence-corrected chi connectivity index (χ4v) is 3.85. The van der Waals surface area contributed by atoms with Gasteiger partial charge in [0.25, 0.3) is 0 Å². The second-order valence-corrected chi connectivity index (χ2v) is 6.15. The number of ketones is 1. The smallest absolute Gasteiger partial charge is 0.349 e. The van der Waals surface area contributed by atoms with Crippen molar-refractivity contribution in [3.8, 4) is 0 Å². The monoisotopic (exact) mass is 238 g/mol. The van der Waals surface area contributed by atoms with Gasteiger partial charge < -0.3 is 9.47 Å². The Morgan fingerprint density at radius 1 is 1.18 bits per heavy atom. The number of ether oxygens (including phenoxy) is 2. The number of hydrogen-bond acceptors (Lipinski definition) is 4. The lowest BCUT2D eigenvalue weighted by atomic mass is 9.45. The predicted octanol–water partition coefficient (Wildman–Crippen LogP) is 1.81. The Balaban J connectivity index is 2.03. The van der Waals surface area contributed by atoms with Crippen molar-refractivity contribution in [2.45, 2.75) is 57.8 Å². The predicted molar refractivity (Wildman–Crippen MR) is 59.1 cm³/mol. The van der Waals surface area contributed by atoms with Crippen molar-refractivity contribution in [3.05, 3.63) is 0 Å². The fraction of sp³-hybridized carbons (Fsp3) is 0.846. The molecule has 0 N–H and O–H groups in total. The maximum absolute atomic E-state index is 12.3. The molecule has 4 nitrogen and oxygen atoms in total. The van der Waals surface area contributed by atoms with Crippen molar-refractivity contribution in [1.82, 2.24) is 0 Å². The molecular formula is C13H18O4. The van der Waals surface area contributed by atoms with E-state index in [1.54, 1.807) is 13.8 Å². The molecule has 2 aliphatic carbocycles. The van der Waals surface area contributed by atoms with Crippen LogP contribution in [-0.2, 0) is 19.1 Å². The number of rotatable bonds is 0. The van der Waals surface area contributed by atoms with E-state index in [1.165, 1.54) is 0 Å². The highest BCUT2D eigenvalue weighted by atomic mass is 16.8. The molecule has 4 heteroatoms. The van der Waals surface area contributed by atoms with Crippen LogP contribution in [0.15, 0.2) is 0 Å². The van der Waals surface area contributed by atoms with E-state index < -0.39 is 17.4 Å². The van der Waals surface area contributed by atoms with Gasteiger partial charge in [0.05, 0.1) is 0 Å². The van der Waals surface area contributed by atoms with E-state index in [0.29, 0.717) is 0 Å². The first-order valence-corrected chi connectivity index (χ1v) is 6.31. The van der Waals surface area contributed by atoms with Crippen LogP contribution in [0.5, 0.6) is 0 Å². The van der Waals surface area contributed by atoms with Gasteiger partial charge in [0.2, 0.25) is 11.4 Å². The van der Waals surface area contributed by atoms with Crippen LogP contribution in [0.2, 0.25) is 0 Å². The number of carbonyl (C=O) groups excluding carboxylic acids is 2. The largest absolute Gasteiger partial charge is 0.431 e. The van der Waals surface area contributed by atoms with Crippen molar-refractivity contribution >= 4 is 11.8 Å². The Bertz CT molecular complexity index is 414. The molecule has 3 rings (SSSR count). The molecule has 0 amide bonds. The average Bonchev–Trinajstić information content (AvgIpc) is 2.50. The topological polar surface area (TPSA) is 52.6 Å². The number of carbonyl (C=O) groups is 2. The molecule has 17 heavy (non-hydrogen) atoms. The highest BCUT2D eigenvalue weighted by Gasteiger charge is 2.79. The molecule has 94 valence electrons. The summed E-state index contributed by atoms with van der Waals surface area (Å²) >= 11 is 0. The van der Waals surface area contributed by atoms with Gasteiger partial charge >= 0.3 is 5.97 Å². The van der Waals surface area contributed by atoms with E-state index in [-0.39, 0.29) is 17.1 Å². The van der Waals surface area contributed by atoms with Crippen molar-refractivity contribution in [1.29, 1.82) is 0 Å². The van der Waals surface area contributed by atoms with Crippen molar-refractivity contribution in [2.75, 3.05) is 0 Å². The SMILES string of the molecule is CC1(C)OC(=O)[C@@]2(O1)C(=O)[C@H]1CCCC[C@@]12C. The summed E-state index contributed by atoms with van der Waals surface area (Å²) in [4.78, 5) is 24.4. The van der Waals surface area contributed by atoms with Gasteiger partial charge in [0, 0.05) is 25.2 Å². The van der Waals surface area contributed by atoms with Crippen LogP contribution in [0.3, 0.4) is 0 Å². The zero-order valence-corrected chi connectivity index (χ0v) is 10.5. The molecule has 1 spiro atoms. The van der Waals surface area contributed by atoms with Gasteiger partial charge in [-0.15, -0.1) is 0 Å². The van der Waals surface area contributed by atoms with Gasteiger partial charge in [-0.05, 0) is 12.8 Å². The van der Waals surface area contributed by atoms with Crippen LogP contribution in [-0.4, -0.2) is 23.1 Å². The fourth-order valence-electron chi connectivity index (χ4n) is 3.85. The van der Waals surface area contributed by atoms with E-state index in [4.69, 9.17) is 9.47 Å². The van der Waals surface area contributed by atoms with Crippen molar-refractivity contribution < 1.29 is 19.1 Å². The van der Waals surface area contributed by atoms with E-state index in [2.05, 4.69) is 0 Å². The molecule has 1 aliphatic heterocycles. The minimum atomic E-state index is -1.30. The Kier molecular flexibility index (Phi) is 1.92. The molecule has 0 aromatic rings. The molecule has 2 saturated carbocycles. The van der Waals surface area contributed by atoms with Crippen molar-refractivity contribution in [2.24, 2.45) is 11.3 Å². The van der Waals surface area contributed by atoms with Crippen LogP contribution < -0.4 is 0 Å². The minimum Gasteiger partial charge on any atom is -0.431 e. The van der Waals surface area contributed by atoms with Gasteiger partial charge in [-0.1, -0.05) is 19.8 Å². The maximum atomic E-state index is 12.3. The zero-order chi connectivity index (χ0) is 12.5. The maximum Gasteiger partial charge on any atom is 0.349 e.